The highest BCUT2D eigenvalue weighted by Crippen LogP contribution is 2.38. The Balaban J connectivity index is 1.71. The lowest BCUT2D eigenvalue weighted by molar-refractivity contribution is 0.263. The van der Waals surface area contributed by atoms with E-state index in [0.29, 0.717) is 11.8 Å². The molecular formula is C18H25N3O2S. The van der Waals surface area contributed by atoms with Crippen LogP contribution in [0.1, 0.15) is 30.1 Å². The number of ether oxygens (including phenoxy) is 1. The molecule has 1 fully saturated rings. The zero-order valence-corrected chi connectivity index (χ0v) is 15.4. The third-order valence-corrected chi connectivity index (χ3v) is 6.03. The molecule has 0 amide bonds. The van der Waals surface area contributed by atoms with Gasteiger partial charge in [-0.3, -0.25) is 9.11 Å². The van der Waals surface area contributed by atoms with Crippen LogP contribution in [-0.2, 0) is 17.8 Å². The number of benzene rings is 1. The van der Waals surface area contributed by atoms with Gasteiger partial charge in [0.2, 0.25) is 5.88 Å². The van der Waals surface area contributed by atoms with Gasteiger partial charge in [-0.1, -0.05) is 18.2 Å². The van der Waals surface area contributed by atoms with Crippen molar-refractivity contribution in [3.05, 3.63) is 41.6 Å². The van der Waals surface area contributed by atoms with E-state index in [1.807, 2.05) is 49.0 Å². The van der Waals surface area contributed by atoms with Crippen LogP contribution < -0.4 is 4.74 Å². The molecule has 3 rings (SSSR count). The smallest absolute Gasteiger partial charge is 0.216 e. The molecule has 2 aromatic rings. The Kier molecular flexibility index (Phi) is 5.36. The summed E-state index contributed by atoms with van der Waals surface area (Å²) in [6.45, 7) is 3.90. The highest BCUT2D eigenvalue weighted by Gasteiger charge is 2.32. The molecule has 0 aliphatic carbocycles. The van der Waals surface area contributed by atoms with Gasteiger partial charge in [-0.2, -0.15) is 5.10 Å². The van der Waals surface area contributed by atoms with Gasteiger partial charge in [0.1, 0.15) is 0 Å². The van der Waals surface area contributed by atoms with Crippen LogP contribution in [-0.4, -0.2) is 44.8 Å². The molecular weight excluding hydrogens is 322 g/mol. The van der Waals surface area contributed by atoms with E-state index in [9.17, 15) is 4.21 Å². The van der Waals surface area contributed by atoms with E-state index in [4.69, 9.17) is 4.74 Å². The topological polar surface area (TPSA) is 47.4 Å². The molecule has 0 bridgehead atoms. The van der Waals surface area contributed by atoms with Crippen LogP contribution in [0.15, 0.2) is 35.2 Å². The Morgan fingerprint density at radius 1 is 1.33 bits per heavy atom. The highest BCUT2D eigenvalue weighted by molar-refractivity contribution is 7.85. The summed E-state index contributed by atoms with van der Waals surface area (Å²) in [5, 5.41) is 4.51. The summed E-state index contributed by atoms with van der Waals surface area (Å²) in [4.78, 5) is 3.33. The van der Waals surface area contributed by atoms with E-state index in [0.717, 1.165) is 42.4 Å². The third-order valence-electron chi connectivity index (χ3n) is 4.67. The minimum absolute atomic E-state index is 0.307. The largest absolute Gasteiger partial charge is 0.481 e. The lowest BCUT2D eigenvalue weighted by atomic mass is 10.1. The Morgan fingerprint density at radius 3 is 2.79 bits per heavy atom. The van der Waals surface area contributed by atoms with Crippen molar-refractivity contribution in [1.82, 2.24) is 14.7 Å². The van der Waals surface area contributed by atoms with E-state index in [1.54, 1.807) is 7.11 Å². The number of aromatic nitrogens is 2. The van der Waals surface area contributed by atoms with E-state index in [1.165, 1.54) is 5.56 Å². The van der Waals surface area contributed by atoms with Crippen molar-refractivity contribution in [3.8, 4) is 5.88 Å². The van der Waals surface area contributed by atoms with E-state index in [-0.39, 0.29) is 0 Å². The minimum atomic E-state index is -0.952. The summed E-state index contributed by atoms with van der Waals surface area (Å²) in [5.74, 6) is 1.50. The molecule has 6 heteroatoms. The number of rotatable bonds is 6. The molecule has 0 spiro atoms. The van der Waals surface area contributed by atoms with Crippen LogP contribution in [0.5, 0.6) is 5.88 Å². The number of aryl methyl sites for hydroxylation is 2. The third kappa shape index (κ3) is 3.39. The van der Waals surface area contributed by atoms with Gasteiger partial charge >= 0.3 is 0 Å². The first-order chi connectivity index (χ1) is 11.6. The second kappa shape index (κ2) is 7.49. The number of likely N-dealkylation sites (tertiary alicyclic amines) is 1. The van der Waals surface area contributed by atoms with E-state index >= 15 is 0 Å². The Bertz CT molecular complexity index is 715. The first-order valence-electron chi connectivity index (χ1n) is 8.36. The Labute approximate surface area is 146 Å². The summed E-state index contributed by atoms with van der Waals surface area (Å²) in [6, 6.07) is 10.0. The summed E-state index contributed by atoms with van der Waals surface area (Å²) in [7, 11) is 2.66. The van der Waals surface area contributed by atoms with Crippen molar-refractivity contribution in [2.75, 3.05) is 26.0 Å². The molecule has 5 nitrogen and oxygen atoms in total. The fourth-order valence-corrected chi connectivity index (χ4v) is 4.69. The molecule has 1 aromatic carbocycles. The lowest BCUT2D eigenvalue weighted by Gasteiger charge is -2.24. The van der Waals surface area contributed by atoms with E-state index in [2.05, 4.69) is 10.00 Å². The molecule has 1 aliphatic rings. The number of nitrogens with zero attached hydrogens (tertiary/aromatic N) is 3. The molecule has 0 saturated carbocycles. The summed E-state index contributed by atoms with van der Waals surface area (Å²) < 4.78 is 19.9. The molecule has 0 radical (unpaired) electrons. The monoisotopic (exact) mass is 347 g/mol. The molecule has 1 aliphatic heterocycles. The zero-order chi connectivity index (χ0) is 17.1. The molecule has 1 saturated heterocycles. The van der Waals surface area contributed by atoms with Crippen molar-refractivity contribution in [1.29, 1.82) is 0 Å². The standard InChI is InChI=1S/C18H25N3O2S/c1-14-17(18(23-3)20(2)19-14)16-10-7-11-21(16)12-13-24(22)15-8-5-4-6-9-15/h4-6,8-9,16H,7,10-13H2,1-3H3/t16-,24+/m0/s1. The number of hydrogen-bond acceptors (Lipinski definition) is 4. The summed E-state index contributed by atoms with van der Waals surface area (Å²) >= 11 is 0. The maximum atomic E-state index is 12.5. The molecule has 1 aromatic heterocycles. The fraction of sp³-hybridized carbons (Fsp3) is 0.500. The molecule has 2 heterocycles. The minimum Gasteiger partial charge on any atom is -0.481 e. The van der Waals surface area contributed by atoms with Crippen molar-refractivity contribution in [3.63, 3.8) is 0 Å². The van der Waals surface area contributed by atoms with Crippen LogP contribution in [0.4, 0.5) is 0 Å². The van der Waals surface area contributed by atoms with Gasteiger partial charge in [-0.25, -0.2) is 4.68 Å². The summed E-state index contributed by atoms with van der Waals surface area (Å²) in [5.41, 5.74) is 2.21. The maximum Gasteiger partial charge on any atom is 0.216 e. The van der Waals surface area contributed by atoms with Crippen molar-refractivity contribution in [2.45, 2.75) is 30.7 Å². The molecule has 24 heavy (non-hydrogen) atoms. The normalized spacial score (nSPS) is 19.5. The Morgan fingerprint density at radius 2 is 2.08 bits per heavy atom. The SMILES string of the molecule is COc1c([C@@H]2CCCN2CC[S@@](=O)c2ccccc2)c(C)nn1C. The van der Waals surface area contributed by atoms with Gasteiger partial charge in [0, 0.05) is 30.3 Å². The van der Waals surface area contributed by atoms with Crippen molar-refractivity contribution >= 4 is 10.8 Å². The molecule has 2 atom stereocenters. The number of methoxy groups -OCH3 is 1. The van der Waals surface area contributed by atoms with Crippen molar-refractivity contribution < 1.29 is 8.95 Å². The fourth-order valence-electron chi connectivity index (χ4n) is 3.59. The van der Waals surface area contributed by atoms with Gasteiger partial charge in [-0.15, -0.1) is 0 Å². The molecule has 0 unspecified atom stereocenters. The van der Waals surface area contributed by atoms with E-state index < -0.39 is 10.8 Å². The predicted molar refractivity (Wildman–Crippen MR) is 95.8 cm³/mol. The van der Waals surface area contributed by atoms with Crippen molar-refractivity contribution in [2.24, 2.45) is 7.05 Å². The van der Waals surface area contributed by atoms with Gasteiger partial charge in [0.15, 0.2) is 0 Å². The zero-order valence-electron chi connectivity index (χ0n) is 14.6. The highest BCUT2D eigenvalue weighted by atomic mass is 32.2. The number of hydrogen-bond donors (Lipinski definition) is 0. The van der Waals surface area contributed by atoms with Crippen LogP contribution in [0, 0.1) is 6.92 Å². The van der Waals surface area contributed by atoms with Gasteiger partial charge in [0.05, 0.1) is 29.2 Å². The quantitative estimate of drug-likeness (QED) is 0.806. The maximum absolute atomic E-state index is 12.5. The van der Waals surface area contributed by atoms with Gasteiger partial charge in [0.25, 0.3) is 0 Å². The lowest BCUT2D eigenvalue weighted by Crippen LogP contribution is -2.28. The average molecular weight is 347 g/mol. The second-order valence-corrected chi connectivity index (χ2v) is 7.76. The molecule has 130 valence electrons. The van der Waals surface area contributed by atoms with Crippen LogP contribution in [0.3, 0.4) is 0 Å². The first kappa shape index (κ1) is 17.2. The summed E-state index contributed by atoms with van der Waals surface area (Å²) in [6.07, 6.45) is 2.25. The van der Waals surface area contributed by atoms with Gasteiger partial charge in [-0.05, 0) is 38.4 Å². The molecule has 0 N–H and O–H groups in total. The Hall–Kier alpha value is -1.66. The van der Waals surface area contributed by atoms with Crippen LogP contribution >= 0.6 is 0 Å². The van der Waals surface area contributed by atoms with Crippen LogP contribution in [0.25, 0.3) is 0 Å². The van der Waals surface area contributed by atoms with Crippen LogP contribution in [0.2, 0.25) is 0 Å². The van der Waals surface area contributed by atoms with Gasteiger partial charge < -0.3 is 4.74 Å². The average Bonchev–Trinajstić information content (AvgIpc) is 3.16. The first-order valence-corrected chi connectivity index (χ1v) is 9.68. The predicted octanol–water partition coefficient (Wildman–Crippen LogP) is 2.68. The second-order valence-electron chi connectivity index (χ2n) is 6.19.